The minimum atomic E-state index is -0.522. The van der Waals surface area contributed by atoms with Gasteiger partial charge in [0.05, 0.1) is 27.0 Å². The molecular formula is C34H37N3O5. The summed E-state index contributed by atoms with van der Waals surface area (Å²) in [7, 11) is 8.74. The highest BCUT2D eigenvalue weighted by molar-refractivity contribution is 6.10. The standard InChI is InChI=1S/C34H37N3O5/c1-20-31(34(39)36-25-9-7-8-10-28(25)40-4)32(21-11-14-24(15-12-21)37(2)3)33-26(35-20)17-23(18-27(33)38)22-13-16-29(41-5)30(19-22)42-6/h7-16,19,23,32,35H,17-18H2,1-6H3,(H,36,39)/t23-,32-/m0/s1. The minimum Gasteiger partial charge on any atom is -0.495 e. The summed E-state index contributed by atoms with van der Waals surface area (Å²) in [4.78, 5) is 30.0. The molecule has 3 aromatic rings. The van der Waals surface area contributed by atoms with Crippen molar-refractivity contribution in [3.8, 4) is 17.2 Å². The van der Waals surface area contributed by atoms with Crippen molar-refractivity contribution in [2.45, 2.75) is 31.6 Å². The van der Waals surface area contributed by atoms with Gasteiger partial charge >= 0.3 is 0 Å². The second-order valence-corrected chi connectivity index (χ2v) is 10.8. The van der Waals surface area contributed by atoms with Gasteiger partial charge in [0.2, 0.25) is 0 Å². The van der Waals surface area contributed by atoms with Crippen molar-refractivity contribution < 1.29 is 23.8 Å². The van der Waals surface area contributed by atoms with Gasteiger partial charge in [0.15, 0.2) is 17.3 Å². The van der Waals surface area contributed by atoms with Crippen molar-refractivity contribution in [2.24, 2.45) is 0 Å². The fraction of sp³-hybridized carbons (Fsp3) is 0.294. The van der Waals surface area contributed by atoms with Gasteiger partial charge in [0.1, 0.15) is 5.75 Å². The first-order valence-electron chi connectivity index (χ1n) is 13.9. The van der Waals surface area contributed by atoms with E-state index in [-0.39, 0.29) is 17.6 Å². The first kappa shape index (κ1) is 28.8. The summed E-state index contributed by atoms with van der Waals surface area (Å²) in [6, 6.07) is 21.1. The summed E-state index contributed by atoms with van der Waals surface area (Å²) < 4.78 is 16.4. The lowest BCUT2D eigenvalue weighted by atomic mass is 9.71. The van der Waals surface area contributed by atoms with Crippen molar-refractivity contribution in [1.82, 2.24) is 5.32 Å². The minimum absolute atomic E-state index is 0.0142. The summed E-state index contributed by atoms with van der Waals surface area (Å²) in [5.74, 6) is 0.996. The number of hydrogen-bond donors (Lipinski definition) is 2. The largest absolute Gasteiger partial charge is 0.495 e. The Balaban J connectivity index is 1.56. The molecule has 0 fully saturated rings. The molecule has 0 radical (unpaired) electrons. The average Bonchev–Trinajstić information content (AvgIpc) is 3.00. The lowest BCUT2D eigenvalue weighted by Gasteiger charge is -2.37. The third kappa shape index (κ3) is 5.44. The number of carbonyl (C=O) groups is 2. The van der Waals surface area contributed by atoms with Crippen LogP contribution in [0, 0.1) is 0 Å². The molecule has 5 rings (SSSR count). The molecule has 0 saturated carbocycles. The Labute approximate surface area is 247 Å². The number of carbonyl (C=O) groups excluding carboxylic acids is 2. The van der Waals surface area contributed by atoms with E-state index < -0.39 is 5.92 Å². The van der Waals surface area contributed by atoms with Gasteiger partial charge in [-0.25, -0.2) is 0 Å². The Morgan fingerprint density at radius 1 is 0.857 bits per heavy atom. The third-order valence-electron chi connectivity index (χ3n) is 8.05. The summed E-state index contributed by atoms with van der Waals surface area (Å²) in [6.07, 6.45) is 0.949. The molecule has 0 saturated heterocycles. The zero-order valence-corrected chi connectivity index (χ0v) is 24.9. The average molecular weight is 568 g/mol. The number of Topliss-reactive ketones (excluding diaryl/α,β-unsaturated/α-hetero) is 1. The molecule has 0 bridgehead atoms. The van der Waals surface area contributed by atoms with Crippen molar-refractivity contribution in [3.05, 3.63) is 100 Å². The lowest BCUT2D eigenvalue weighted by molar-refractivity contribution is -0.116. The molecule has 0 unspecified atom stereocenters. The number of nitrogens with zero attached hydrogens (tertiary/aromatic N) is 1. The van der Waals surface area contributed by atoms with E-state index in [9.17, 15) is 9.59 Å². The molecule has 1 heterocycles. The smallest absolute Gasteiger partial charge is 0.254 e. The third-order valence-corrected chi connectivity index (χ3v) is 8.05. The number of anilines is 2. The van der Waals surface area contributed by atoms with Crippen molar-refractivity contribution in [3.63, 3.8) is 0 Å². The number of benzene rings is 3. The molecule has 218 valence electrons. The number of nitrogens with one attached hydrogen (secondary N) is 2. The van der Waals surface area contributed by atoms with Crippen LogP contribution >= 0.6 is 0 Å². The van der Waals surface area contributed by atoms with Crippen LogP contribution in [0.15, 0.2) is 89.3 Å². The summed E-state index contributed by atoms with van der Waals surface area (Å²) in [6.45, 7) is 1.90. The molecule has 42 heavy (non-hydrogen) atoms. The molecule has 0 aromatic heterocycles. The first-order valence-corrected chi connectivity index (χ1v) is 13.9. The lowest BCUT2D eigenvalue weighted by Crippen LogP contribution is -2.37. The Morgan fingerprint density at radius 3 is 2.19 bits per heavy atom. The molecule has 8 nitrogen and oxygen atoms in total. The molecule has 8 heteroatoms. The van der Waals surface area contributed by atoms with E-state index >= 15 is 0 Å². The van der Waals surface area contributed by atoms with E-state index in [1.165, 1.54) is 0 Å². The number of amides is 1. The monoisotopic (exact) mass is 567 g/mol. The quantitative estimate of drug-likeness (QED) is 0.357. The maximum Gasteiger partial charge on any atom is 0.254 e. The van der Waals surface area contributed by atoms with E-state index in [1.54, 1.807) is 33.5 Å². The fourth-order valence-electron chi connectivity index (χ4n) is 5.92. The van der Waals surface area contributed by atoms with Crippen LogP contribution in [0.4, 0.5) is 11.4 Å². The Hall–Kier alpha value is -4.72. The Morgan fingerprint density at radius 2 is 1.52 bits per heavy atom. The predicted octanol–water partition coefficient (Wildman–Crippen LogP) is 5.78. The van der Waals surface area contributed by atoms with Gasteiger partial charge in [-0.2, -0.15) is 0 Å². The summed E-state index contributed by atoms with van der Waals surface area (Å²) >= 11 is 0. The molecule has 2 aliphatic rings. The molecule has 2 atom stereocenters. The number of dihydropyridines is 1. The molecule has 0 spiro atoms. The molecule has 1 aliphatic heterocycles. The highest BCUT2D eigenvalue weighted by Crippen LogP contribution is 2.47. The number of rotatable bonds is 8. The second-order valence-electron chi connectivity index (χ2n) is 10.8. The van der Waals surface area contributed by atoms with E-state index in [4.69, 9.17) is 14.2 Å². The molecule has 2 N–H and O–H groups in total. The summed E-state index contributed by atoms with van der Waals surface area (Å²) in [5.41, 5.74) is 6.19. The van der Waals surface area contributed by atoms with Gasteiger partial charge in [-0.3, -0.25) is 9.59 Å². The normalized spacial score (nSPS) is 18.2. The molecule has 1 amide bonds. The van der Waals surface area contributed by atoms with Crippen LogP contribution in [0.1, 0.15) is 42.7 Å². The van der Waals surface area contributed by atoms with Crippen LogP contribution in [0.2, 0.25) is 0 Å². The van der Waals surface area contributed by atoms with Gasteiger partial charge in [-0.05, 0) is 66.8 Å². The molecule has 1 aliphatic carbocycles. The Kier molecular flexibility index (Phi) is 8.24. The van der Waals surface area contributed by atoms with Gasteiger partial charge in [0.25, 0.3) is 5.91 Å². The van der Waals surface area contributed by atoms with E-state index in [0.29, 0.717) is 52.6 Å². The van der Waals surface area contributed by atoms with Crippen LogP contribution in [-0.2, 0) is 9.59 Å². The van der Waals surface area contributed by atoms with Gasteiger partial charge in [-0.15, -0.1) is 0 Å². The highest BCUT2D eigenvalue weighted by Gasteiger charge is 2.41. The van der Waals surface area contributed by atoms with E-state index in [0.717, 1.165) is 22.5 Å². The van der Waals surface area contributed by atoms with Gasteiger partial charge in [0, 0.05) is 54.7 Å². The van der Waals surface area contributed by atoms with Crippen LogP contribution < -0.4 is 29.7 Å². The topological polar surface area (TPSA) is 89.1 Å². The van der Waals surface area contributed by atoms with Crippen LogP contribution in [0.5, 0.6) is 17.2 Å². The van der Waals surface area contributed by atoms with Gasteiger partial charge < -0.3 is 29.7 Å². The van der Waals surface area contributed by atoms with Crippen molar-refractivity contribution >= 4 is 23.1 Å². The number of ketones is 1. The number of ether oxygens (including phenoxy) is 3. The highest BCUT2D eigenvalue weighted by atomic mass is 16.5. The van der Waals surface area contributed by atoms with E-state index in [2.05, 4.69) is 10.6 Å². The Bertz CT molecular complexity index is 1570. The maximum atomic E-state index is 14.0. The molecular weight excluding hydrogens is 530 g/mol. The zero-order chi connectivity index (χ0) is 30.0. The SMILES string of the molecule is COc1ccccc1NC(=O)C1=C(C)NC2=C(C(=O)C[C@@H](c3ccc(OC)c(OC)c3)C2)[C@H]1c1ccc(N(C)C)cc1. The van der Waals surface area contributed by atoms with Gasteiger partial charge in [-0.1, -0.05) is 30.3 Å². The predicted molar refractivity (Wildman–Crippen MR) is 165 cm³/mol. The van der Waals surface area contributed by atoms with Crippen LogP contribution in [0.25, 0.3) is 0 Å². The maximum absolute atomic E-state index is 14.0. The van der Waals surface area contributed by atoms with Crippen LogP contribution in [-0.4, -0.2) is 47.1 Å². The van der Waals surface area contributed by atoms with E-state index in [1.807, 2.05) is 80.5 Å². The number of hydrogen-bond acceptors (Lipinski definition) is 7. The fourth-order valence-corrected chi connectivity index (χ4v) is 5.92. The number of allylic oxidation sites excluding steroid dienone is 3. The first-order chi connectivity index (χ1) is 20.2. The zero-order valence-electron chi connectivity index (χ0n) is 24.9. The summed E-state index contributed by atoms with van der Waals surface area (Å²) in [5, 5.41) is 6.49. The van der Waals surface area contributed by atoms with Crippen molar-refractivity contribution in [2.75, 3.05) is 45.6 Å². The van der Waals surface area contributed by atoms with Crippen LogP contribution in [0.3, 0.4) is 0 Å². The molecule has 3 aromatic carbocycles. The number of methoxy groups -OCH3 is 3. The van der Waals surface area contributed by atoms with Crippen molar-refractivity contribution in [1.29, 1.82) is 0 Å². The second kappa shape index (κ2) is 12.0. The number of para-hydroxylation sites is 2.